The molecule has 0 N–H and O–H groups in total. The molecule has 0 saturated heterocycles. The molecular weight excluding hydrogens is 114 g/mol. The maximum Gasteiger partial charge on any atom is 0.0891 e. The van der Waals surface area contributed by atoms with Crippen molar-refractivity contribution in [3.8, 4) is 0 Å². The van der Waals surface area contributed by atoms with Crippen LogP contribution in [-0.4, -0.2) is 6.04 Å². The summed E-state index contributed by atoms with van der Waals surface area (Å²) in [6.45, 7) is 1.88. The summed E-state index contributed by atoms with van der Waals surface area (Å²) in [6, 6.07) is 0.0469. The van der Waals surface area contributed by atoms with Crippen molar-refractivity contribution < 1.29 is 0 Å². The third-order valence-electron chi connectivity index (χ3n) is 1.87. The van der Waals surface area contributed by atoms with Gasteiger partial charge < -0.3 is 0 Å². The molecular formula is C7H13NO. The average Bonchev–Trinajstić information content (AvgIpc) is 2.65. The molecule has 9 heavy (non-hydrogen) atoms. The molecule has 0 aromatic carbocycles. The fourth-order valence-corrected chi connectivity index (χ4v) is 0.936. The molecule has 0 aromatic rings. The molecule has 0 aliphatic heterocycles. The molecule has 1 aliphatic rings. The Morgan fingerprint density at radius 1 is 1.67 bits per heavy atom. The van der Waals surface area contributed by atoms with Crippen molar-refractivity contribution in [3.05, 3.63) is 4.91 Å². The normalized spacial score (nSPS) is 21.4. The first-order valence-corrected chi connectivity index (χ1v) is 3.65. The van der Waals surface area contributed by atoms with Gasteiger partial charge in [-0.2, -0.15) is 4.91 Å². The predicted octanol–water partition coefficient (Wildman–Crippen LogP) is 2.33. The Labute approximate surface area is 55.6 Å². The molecule has 0 spiro atoms. The molecule has 0 aromatic heterocycles. The van der Waals surface area contributed by atoms with Crippen LogP contribution >= 0.6 is 0 Å². The molecule has 2 heteroatoms. The molecule has 1 atom stereocenters. The van der Waals surface area contributed by atoms with Gasteiger partial charge in [-0.1, -0.05) is 18.0 Å². The van der Waals surface area contributed by atoms with Gasteiger partial charge in [-0.05, 0) is 25.7 Å². The third-order valence-corrected chi connectivity index (χ3v) is 1.87. The number of rotatable bonds is 4. The summed E-state index contributed by atoms with van der Waals surface area (Å²) in [5, 5.41) is 2.94. The van der Waals surface area contributed by atoms with Crippen LogP contribution in [0.2, 0.25) is 0 Å². The largest absolute Gasteiger partial charge is 0.151 e. The zero-order valence-corrected chi connectivity index (χ0v) is 5.84. The molecule has 0 radical (unpaired) electrons. The standard InChI is InChI=1S/C7H13NO/c1-6(8-9)2-3-7-4-5-7/h6-7H,2-5H2,1H3. The first kappa shape index (κ1) is 6.72. The smallest absolute Gasteiger partial charge is 0.0891 e. The molecule has 1 unspecified atom stereocenters. The third kappa shape index (κ3) is 2.59. The fourth-order valence-electron chi connectivity index (χ4n) is 0.936. The molecule has 1 saturated carbocycles. The van der Waals surface area contributed by atoms with E-state index in [2.05, 4.69) is 5.18 Å². The van der Waals surface area contributed by atoms with Gasteiger partial charge in [0.05, 0.1) is 6.04 Å². The van der Waals surface area contributed by atoms with Crippen LogP contribution in [0.1, 0.15) is 32.6 Å². The second-order valence-corrected chi connectivity index (χ2v) is 2.98. The number of nitrogens with zero attached hydrogens (tertiary/aromatic N) is 1. The summed E-state index contributed by atoms with van der Waals surface area (Å²) in [4.78, 5) is 9.89. The highest BCUT2D eigenvalue weighted by Crippen LogP contribution is 2.33. The summed E-state index contributed by atoms with van der Waals surface area (Å²) >= 11 is 0. The minimum atomic E-state index is 0.0469. The summed E-state index contributed by atoms with van der Waals surface area (Å²) in [6.07, 6.45) is 4.97. The Balaban J connectivity index is 1.95. The highest BCUT2D eigenvalue weighted by atomic mass is 16.3. The van der Waals surface area contributed by atoms with E-state index in [0.29, 0.717) is 0 Å². The lowest BCUT2D eigenvalue weighted by Gasteiger charge is -1.98. The van der Waals surface area contributed by atoms with Crippen LogP contribution in [-0.2, 0) is 0 Å². The van der Waals surface area contributed by atoms with Gasteiger partial charge in [0.1, 0.15) is 0 Å². The van der Waals surface area contributed by atoms with E-state index in [1.54, 1.807) is 0 Å². The van der Waals surface area contributed by atoms with Crippen LogP contribution in [0.5, 0.6) is 0 Å². The van der Waals surface area contributed by atoms with Gasteiger partial charge in [0.2, 0.25) is 0 Å². The lowest BCUT2D eigenvalue weighted by molar-refractivity contribution is 0.585. The zero-order valence-electron chi connectivity index (χ0n) is 5.84. The topological polar surface area (TPSA) is 29.4 Å². The first-order valence-electron chi connectivity index (χ1n) is 3.65. The van der Waals surface area contributed by atoms with E-state index >= 15 is 0 Å². The van der Waals surface area contributed by atoms with E-state index in [0.717, 1.165) is 12.3 Å². The second kappa shape index (κ2) is 2.95. The predicted molar refractivity (Wildman–Crippen MR) is 37.2 cm³/mol. The minimum Gasteiger partial charge on any atom is -0.151 e. The summed E-state index contributed by atoms with van der Waals surface area (Å²) in [5.41, 5.74) is 0. The van der Waals surface area contributed by atoms with Crippen molar-refractivity contribution in [1.82, 2.24) is 0 Å². The Bertz CT molecular complexity index is 99.1. The summed E-state index contributed by atoms with van der Waals surface area (Å²) in [5.74, 6) is 0.939. The zero-order chi connectivity index (χ0) is 6.69. The maximum absolute atomic E-state index is 9.89. The number of hydrogen-bond donors (Lipinski definition) is 0. The highest BCUT2D eigenvalue weighted by molar-refractivity contribution is 4.74. The van der Waals surface area contributed by atoms with Crippen LogP contribution in [0, 0.1) is 10.8 Å². The SMILES string of the molecule is CC(CCC1CC1)N=O. The van der Waals surface area contributed by atoms with Gasteiger partial charge in [0.25, 0.3) is 0 Å². The van der Waals surface area contributed by atoms with E-state index in [9.17, 15) is 4.91 Å². The van der Waals surface area contributed by atoms with Crippen LogP contribution in [0.15, 0.2) is 5.18 Å². The van der Waals surface area contributed by atoms with Gasteiger partial charge in [0, 0.05) is 0 Å². The Hall–Kier alpha value is -0.400. The molecule has 1 aliphatic carbocycles. The lowest BCUT2D eigenvalue weighted by Crippen LogP contribution is -1.95. The molecule has 1 fully saturated rings. The monoisotopic (exact) mass is 127 g/mol. The second-order valence-electron chi connectivity index (χ2n) is 2.98. The average molecular weight is 127 g/mol. The summed E-state index contributed by atoms with van der Waals surface area (Å²) < 4.78 is 0. The Kier molecular flexibility index (Phi) is 2.20. The molecule has 2 nitrogen and oxygen atoms in total. The van der Waals surface area contributed by atoms with Gasteiger partial charge in [-0.15, -0.1) is 0 Å². The maximum atomic E-state index is 9.89. The van der Waals surface area contributed by atoms with Crippen molar-refractivity contribution in [2.24, 2.45) is 11.1 Å². The van der Waals surface area contributed by atoms with Crippen molar-refractivity contribution in [3.63, 3.8) is 0 Å². The van der Waals surface area contributed by atoms with Crippen molar-refractivity contribution in [2.45, 2.75) is 38.6 Å². The van der Waals surface area contributed by atoms with Crippen LogP contribution in [0.25, 0.3) is 0 Å². The van der Waals surface area contributed by atoms with E-state index in [-0.39, 0.29) is 6.04 Å². The molecule has 0 amide bonds. The van der Waals surface area contributed by atoms with Gasteiger partial charge in [-0.25, -0.2) is 0 Å². The van der Waals surface area contributed by atoms with Gasteiger partial charge in [0.15, 0.2) is 0 Å². The van der Waals surface area contributed by atoms with Crippen molar-refractivity contribution in [2.75, 3.05) is 0 Å². The highest BCUT2D eigenvalue weighted by Gasteiger charge is 2.21. The van der Waals surface area contributed by atoms with E-state index in [1.807, 2.05) is 6.92 Å². The van der Waals surface area contributed by atoms with Gasteiger partial charge in [-0.3, -0.25) is 0 Å². The number of nitroso groups, excluding NO2 is 1. The van der Waals surface area contributed by atoms with Crippen molar-refractivity contribution >= 4 is 0 Å². The molecule has 1 rings (SSSR count). The quantitative estimate of drug-likeness (QED) is 0.533. The van der Waals surface area contributed by atoms with Crippen LogP contribution in [0.4, 0.5) is 0 Å². The Morgan fingerprint density at radius 2 is 2.33 bits per heavy atom. The van der Waals surface area contributed by atoms with E-state index in [4.69, 9.17) is 0 Å². The lowest BCUT2D eigenvalue weighted by atomic mass is 10.1. The molecule has 0 heterocycles. The van der Waals surface area contributed by atoms with E-state index in [1.165, 1.54) is 19.3 Å². The minimum absolute atomic E-state index is 0.0469. The van der Waals surface area contributed by atoms with E-state index < -0.39 is 0 Å². The molecule has 52 valence electrons. The molecule has 0 bridgehead atoms. The van der Waals surface area contributed by atoms with Crippen LogP contribution in [0.3, 0.4) is 0 Å². The number of hydrogen-bond acceptors (Lipinski definition) is 2. The van der Waals surface area contributed by atoms with Gasteiger partial charge >= 0.3 is 0 Å². The van der Waals surface area contributed by atoms with Crippen molar-refractivity contribution in [1.29, 1.82) is 0 Å². The summed E-state index contributed by atoms with van der Waals surface area (Å²) in [7, 11) is 0. The van der Waals surface area contributed by atoms with Crippen LogP contribution < -0.4 is 0 Å². The first-order chi connectivity index (χ1) is 4.33. The fraction of sp³-hybridized carbons (Fsp3) is 1.00. The Morgan fingerprint density at radius 3 is 2.78 bits per heavy atom.